The maximum Gasteiger partial charge on any atom is 0.299 e. The summed E-state index contributed by atoms with van der Waals surface area (Å²) in [4.78, 5) is 24.3. The predicted octanol–water partition coefficient (Wildman–Crippen LogP) is 1.07. The fraction of sp³-hybridized carbons (Fsp3) is 0. The number of nitrogens with zero attached hydrogens (tertiary/aromatic N) is 1. The number of benzene rings is 1. The van der Waals surface area contributed by atoms with Crippen LogP contribution in [0.5, 0.6) is 5.75 Å². The summed E-state index contributed by atoms with van der Waals surface area (Å²) in [6, 6.07) is 5.93. The first-order chi connectivity index (χ1) is 5.74. The van der Waals surface area contributed by atoms with Crippen molar-refractivity contribution in [3.63, 3.8) is 0 Å². The molecule has 12 heavy (non-hydrogen) atoms. The zero-order valence-corrected chi connectivity index (χ0v) is 5.97. The molecule has 0 saturated heterocycles. The van der Waals surface area contributed by atoms with E-state index in [0.717, 1.165) is 0 Å². The zero-order valence-electron chi connectivity index (χ0n) is 5.97. The van der Waals surface area contributed by atoms with Crippen LogP contribution in [0.4, 0.5) is 0 Å². The van der Waals surface area contributed by atoms with Crippen LogP contribution in [0.3, 0.4) is 0 Å². The minimum absolute atomic E-state index is 0.0440. The first-order valence-corrected chi connectivity index (χ1v) is 3.10. The summed E-state index contributed by atoms with van der Waals surface area (Å²) in [5.74, 6) is -0.0440. The van der Waals surface area contributed by atoms with E-state index in [-0.39, 0.29) is 11.3 Å². The monoisotopic (exact) mass is 167 g/mol. The van der Waals surface area contributed by atoms with Gasteiger partial charge in [0, 0.05) is 5.56 Å². The summed E-state index contributed by atoms with van der Waals surface area (Å²) in [5.41, 5.74) is 0.161. The fourth-order valence-electron chi connectivity index (χ4n) is 0.741. The molecular weight excluding hydrogens is 162 g/mol. The highest BCUT2D eigenvalue weighted by Gasteiger charge is 2.03. The van der Waals surface area contributed by atoms with Gasteiger partial charge in [-0.2, -0.15) is 0 Å². The topological polar surface area (TPSA) is 69.4 Å². The molecule has 5 heteroatoms. The van der Waals surface area contributed by atoms with Crippen LogP contribution in [0.2, 0.25) is 0 Å². The Hall–Kier alpha value is -1.91. The lowest BCUT2D eigenvalue weighted by atomic mass is 10.2. The van der Waals surface area contributed by atoms with Crippen molar-refractivity contribution in [2.45, 2.75) is 0 Å². The van der Waals surface area contributed by atoms with Crippen LogP contribution in [0.1, 0.15) is 10.4 Å². The van der Waals surface area contributed by atoms with Gasteiger partial charge in [0.25, 0.3) is 5.09 Å². The largest absolute Gasteiger partial charge is 0.299 e. The van der Waals surface area contributed by atoms with Crippen molar-refractivity contribution in [1.29, 1.82) is 0 Å². The Labute approximate surface area is 67.7 Å². The van der Waals surface area contributed by atoms with Gasteiger partial charge < -0.3 is 0 Å². The molecule has 1 aromatic rings. The van der Waals surface area contributed by atoms with E-state index in [0.29, 0.717) is 6.29 Å². The minimum Gasteiger partial charge on any atom is -0.298 e. The van der Waals surface area contributed by atoms with Gasteiger partial charge in [-0.3, -0.25) is 9.63 Å². The maximum absolute atomic E-state index is 10.3. The molecule has 0 spiro atoms. The Morgan fingerprint density at radius 3 is 2.67 bits per heavy atom. The summed E-state index contributed by atoms with van der Waals surface area (Å²) >= 11 is 0. The quantitative estimate of drug-likeness (QED) is 0.383. The predicted molar refractivity (Wildman–Crippen MR) is 39.5 cm³/mol. The van der Waals surface area contributed by atoms with Crippen molar-refractivity contribution in [2.24, 2.45) is 0 Å². The summed E-state index contributed by atoms with van der Waals surface area (Å²) in [6.45, 7) is 0. The molecule has 0 fully saturated rings. The second-order valence-electron chi connectivity index (χ2n) is 1.97. The van der Waals surface area contributed by atoms with Gasteiger partial charge in [0.15, 0.2) is 6.29 Å². The van der Waals surface area contributed by atoms with Crippen molar-refractivity contribution < 1.29 is 14.7 Å². The lowest BCUT2D eigenvalue weighted by Gasteiger charge is -1.99. The van der Waals surface area contributed by atoms with E-state index in [1.807, 2.05) is 0 Å². The molecule has 0 radical (unpaired) electrons. The van der Waals surface area contributed by atoms with E-state index in [4.69, 9.17) is 0 Å². The highest BCUT2D eigenvalue weighted by Crippen LogP contribution is 2.14. The summed E-state index contributed by atoms with van der Waals surface area (Å²) in [5, 5.41) is 8.95. The fourth-order valence-corrected chi connectivity index (χ4v) is 0.741. The minimum atomic E-state index is -0.956. The van der Waals surface area contributed by atoms with Crippen molar-refractivity contribution in [1.82, 2.24) is 0 Å². The molecule has 62 valence electrons. The molecular formula is C7H5NO4. The first kappa shape index (κ1) is 8.19. The zero-order chi connectivity index (χ0) is 8.97. The van der Waals surface area contributed by atoms with Crippen LogP contribution >= 0.6 is 0 Å². The number of aldehydes is 1. The molecule has 1 aromatic carbocycles. The summed E-state index contributed by atoms with van der Waals surface area (Å²) in [6.07, 6.45) is 0.499. The van der Waals surface area contributed by atoms with Gasteiger partial charge in [-0.1, -0.05) is 12.1 Å². The average Bonchev–Trinajstić information content (AvgIpc) is 2.04. The van der Waals surface area contributed by atoms with Crippen molar-refractivity contribution in [2.75, 3.05) is 0 Å². The number of hydrogen-bond donors (Lipinski definition) is 0. The molecule has 0 aliphatic heterocycles. The third-order valence-corrected chi connectivity index (χ3v) is 1.22. The Bertz CT molecular complexity index is 310. The Balaban J connectivity index is 2.96. The van der Waals surface area contributed by atoms with Crippen molar-refractivity contribution >= 4 is 6.29 Å². The summed E-state index contributed by atoms with van der Waals surface area (Å²) in [7, 11) is 0. The van der Waals surface area contributed by atoms with Crippen LogP contribution in [-0.2, 0) is 0 Å². The van der Waals surface area contributed by atoms with Gasteiger partial charge in [-0.15, -0.1) is 10.1 Å². The third-order valence-electron chi connectivity index (χ3n) is 1.22. The molecule has 0 saturated carbocycles. The lowest BCUT2D eigenvalue weighted by molar-refractivity contribution is -0.711. The van der Waals surface area contributed by atoms with Gasteiger partial charge in [0.2, 0.25) is 0 Å². The highest BCUT2D eigenvalue weighted by atomic mass is 17.0. The molecule has 0 heterocycles. The number of hydrogen-bond acceptors (Lipinski definition) is 4. The van der Waals surface area contributed by atoms with Gasteiger partial charge in [-0.05, 0) is 12.1 Å². The van der Waals surface area contributed by atoms with E-state index in [2.05, 4.69) is 4.84 Å². The third kappa shape index (κ3) is 1.79. The highest BCUT2D eigenvalue weighted by molar-refractivity contribution is 5.78. The lowest BCUT2D eigenvalue weighted by Crippen LogP contribution is -2.05. The summed E-state index contributed by atoms with van der Waals surface area (Å²) < 4.78 is 0. The number of carbonyl (C=O) groups excluding carboxylic acids is 1. The van der Waals surface area contributed by atoms with E-state index < -0.39 is 5.09 Å². The molecule has 0 bridgehead atoms. The molecule has 1 rings (SSSR count). The Morgan fingerprint density at radius 2 is 2.08 bits per heavy atom. The van der Waals surface area contributed by atoms with Gasteiger partial charge in [0.05, 0.1) is 0 Å². The van der Waals surface area contributed by atoms with E-state index in [9.17, 15) is 14.9 Å². The molecule has 0 aliphatic rings. The normalized spacial score (nSPS) is 9.00. The SMILES string of the molecule is O=Cc1ccccc1O[N+](=O)[O-]. The maximum atomic E-state index is 10.3. The Kier molecular flexibility index (Phi) is 2.37. The standard InChI is InChI=1S/C7H5NO4/c9-5-6-3-1-2-4-7(6)12-8(10)11/h1-5H. The molecule has 5 nitrogen and oxygen atoms in total. The van der Waals surface area contributed by atoms with Crippen LogP contribution in [0.25, 0.3) is 0 Å². The second-order valence-corrected chi connectivity index (χ2v) is 1.97. The molecule has 0 unspecified atom stereocenters. The van der Waals surface area contributed by atoms with E-state index >= 15 is 0 Å². The van der Waals surface area contributed by atoms with Gasteiger partial charge >= 0.3 is 0 Å². The van der Waals surface area contributed by atoms with Crippen LogP contribution in [0, 0.1) is 10.1 Å². The number of rotatable bonds is 3. The molecule has 0 N–H and O–H groups in total. The van der Waals surface area contributed by atoms with Crippen LogP contribution in [0.15, 0.2) is 24.3 Å². The number of carbonyl (C=O) groups is 1. The number of para-hydroxylation sites is 1. The van der Waals surface area contributed by atoms with Gasteiger partial charge in [0.1, 0.15) is 5.75 Å². The average molecular weight is 167 g/mol. The van der Waals surface area contributed by atoms with Crippen molar-refractivity contribution in [3.05, 3.63) is 39.9 Å². The first-order valence-electron chi connectivity index (χ1n) is 3.10. The second kappa shape index (κ2) is 3.47. The molecule has 0 atom stereocenters. The molecule has 0 aliphatic carbocycles. The van der Waals surface area contributed by atoms with Crippen LogP contribution < -0.4 is 4.84 Å². The smallest absolute Gasteiger partial charge is 0.298 e. The molecule has 0 amide bonds. The van der Waals surface area contributed by atoms with Gasteiger partial charge in [-0.25, -0.2) is 0 Å². The van der Waals surface area contributed by atoms with Crippen molar-refractivity contribution in [3.8, 4) is 5.75 Å². The van der Waals surface area contributed by atoms with Crippen LogP contribution in [-0.4, -0.2) is 11.4 Å². The van der Waals surface area contributed by atoms with E-state index in [1.54, 1.807) is 12.1 Å². The van der Waals surface area contributed by atoms with E-state index in [1.165, 1.54) is 12.1 Å². The Morgan fingerprint density at radius 1 is 1.42 bits per heavy atom. The molecule has 0 aromatic heterocycles.